The van der Waals surface area contributed by atoms with Crippen LogP contribution in [0.3, 0.4) is 0 Å². The quantitative estimate of drug-likeness (QED) is 0.178. The predicted molar refractivity (Wildman–Crippen MR) is 138 cm³/mol. The molecule has 0 N–H and O–H groups in total. The van der Waals surface area contributed by atoms with Crippen molar-refractivity contribution in [2.24, 2.45) is 0 Å². The SMILES string of the molecule is O=[N+]([O-])c1cccc([AsH](c2cccc([N+](=O)[O-])c2)(c2cccc([N+](=O)[O-])c2)c2cccc([N+](=O)[O-])c2)c1. The fourth-order valence-corrected chi connectivity index (χ4v) is 14.6. The van der Waals surface area contributed by atoms with E-state index >= 15 is 0 Å². The van der Waals surface area contributed by atoms with Gasteiger partial charge in [-0.25, -0.2) is 0 Å². The van der Waals surface area contributed by atoms with Gasteiger partial charge in [0.15, 0.2) is 0 Å². The first-order valence-corrected chi connectivity index (χ1v) is 14.8. The van der Waals surface area contributed by atoms with Crippen molar-refractivity contribution in [3.63, 3.8) is 0 Å². The fraction of sp³-hybridized carbons (Fsp3) is 0. The molecule has 0 unspecified atom stereocenters. The molecule has 0 spiro atoms. The molecule has 0 saturated heterocycles. The Bertz CT molecular complexity index is 1340. The maximum absolute atomic E-state index is 11.7. The molecule has 0 fully saturated rings. The zero-order chi connectivity index (χ0) is 26.7. The molecule has 37 heavy (non-hydrogen) atoms. The molecule has 0 bridgehead atoms. The summed E-state index contributed by atoms with van der Waals surface area (Å²) in [4.78, 5) is 44.3. The van der Waals surface area contributed by atoms with Gasteiger partial charge in [0.1, 0.15) is 0 Å². The van der Waals surface area contributed by atoms with Crippen LogP contribution in [0.5, 0.6) is 0 Å². The van der Waals surface area contributed by atoms with Gasteiger partial charge in [0.2, 0.25) is 0 Å². The minimum absolute atomic E-state index is 0.256. The van der Waals surface area contributed by atoms with Crippen LogP contribution in [0.25, 0.3) is 0 Å². The molecule has 0 radical (unpaired) electrons. The van der Waals surface area contributed by atoms with E-state index in [0.717, 1.165) is 0 Å². The van der Waals surface area contributed by atoms with E-state index in [1.807, 2.05) is 0 Å². The van der Waals surface area contributed by atoms with Crippen LogP contribution in [-0.2, 0) is 0 Å². The molecule has 0 heterocycles. The van der Waals surface area contributed by atoms with Gasteiger partial charge in [-0.05, 0) is 0 Å². The Morgan fingerprint density at radius 3 is 0.811 bits per heavy atom. The van der Waals surface area contributed by atoms with E-state index in [-0.39, 0.29) is 22.7 Å². The molecule has 4 aromatic rings. The van der Waals surface area contributed by atoms with Crippen LogP contribution in [0.1, 0.15) is 0 Å². The Labute approximate surface area is 210 Å². The van der Waals surface area contributed by atoms with Gasteiger partial charge in [0, 0.05) is 0 Å². The first-order chi connectivity index (χ1) is 17.6. The number of rotatable bonds is 8. The Morgan fingerprint density at radius 2 is 0.622 bits per heavy atom. The van der Waals surface area contributed by atoms with Gasteiger partial charge in [-0.3, -0.25) is 0 Å². The summed E-state index contributed by atoms with van der Waals surface area (Å²) in [6.07, 6.45) is 0. The van der Waals surface area contributed by atoms with E-state index in [1.165, 1.54) is 72.8 Å². The molecule has 0 aromatic heterocycles. The van der Waals surface area contributed by atoms with Gasteiger partial charge < -0.3 is 0 Å². The third-order valence-corrected chi connectivity index (χ3v) is 15.8. The molecule has 13 heteroatoms. The van der Waals surface area contributed by atoms with Crippen LogP contribution >= 0.6 is 0 Å². The standard InChI is InChI=1S/C24H17AsN4O8/c30-26(31)21-9-1-5-17(13-21)25(18-6-2-10-22(14-18)27(32)33,19-7-3-11-23(15-19)28(34)35)20-8-4-12-24(16-20)29(36)37/h1-16,25H. The average Bonchev–Trinajstić information content (AvgIpc) is 2.90. The number of hydrogen-bond acceptors (Lipinski definition) is 8. The molecule has 4 aromatic carbocycles. The first-order valence-electron chi connectivity index (χ1n) is 10.6. The topological polar surface area (TPSA) is 173 Å². The number of non-ortho nitro benzene ring substituents is 4. The zero-order valence-electron chi connectivity index (χ0n) is 18.8. The molecular formula is C24H17AsN4O8. The van der Waals surface area contributed by atoms with E-state index in [9.17, 15) is 40.5 Å². The number of nitro groups is 4. The van der Waals surface area contributed by atoms with Crippen LogP contribution in [0, 0.1) is 40.5 Å². The van der Waals surface area contributed by atoms with Crippen molar-refractivity contribution in [1.82, 2.24) is 0 Å². The monoisotopic (exact) mass is 564 g/mol. The van der Waals surface area contributed by atoms with Crippen LogP contribution in [0.2, 0.25) is 0 Å². The van der Waals surface area contributed by atoms with Crippen LogP contribution in [0.15, 0.2) is 97.1 Å². The normalized spacial score (nSPS) is 11.5. The molecule has 0 amide bonds. The summed E-state index contributed by atoms with van der Waals surface area (Å²) in [5, 5.41) is 46.7. The first kappa shape index (κ1) is 25.1. The Morgan fingerprint density at radius 1 is 0.405 bits per heavy atom. The summed E-state index contributed by atoms with van der Waals surface area (Å²) in [6.45, 7) is 0. The Balaban J connectivity index is 2.24. The summed E-state index contributed by atoms with van der Waals surface area (Å²) < 4.78 is 1.65. The maximum atomic E-state index is 11.7. The van der Waals surface area contributed by atoms with Crippen molar-refractivity contribution >= 4 is 53.7 Å². The molecule has 0 atom stereocenters. The average molecular weight is 564 g/mol. The van der Waals surface area contributed by atoms with E-state index < -0.39 is 33.2 Å². The Hall–Kier alpha value is -4.96. The summed E-state index contributed by atoms with van der Waals surface area (Å²) in [6, 6.07) is 22.7. The van der Waals surface area contributed by atoms with Crippen molar-refractivity contribution in [2.45, 2.75) is 0 Å². The van der Waals surface area contributed by atoms with Crippen molar-refractivity contribution in [1.29, 1.82) is 0 Å². The van der Waals surface area contributed by atoms with E-state index in [2.05, 4.69) is 0 Å². The summed E-state index contributed by atoms with van der Waals surface area (Å²) in [7, 11) is 0. The number of nitro benzene ring substituents is 4. The second-order valence-corrected chi connectivity index (χ2v) is 16.0. The molecular weight excluding hydrogens is 547 g/mol. The molecule has 4 rings (SSSR count). The van der Waals surface area contributed by atoms with Gasteiger partial charge in [0.05, 0.1) is 0 Å². The van der Waals surface area contributed by atoms with Crippen molar-refractivity contribution in [2.75, 3.05) is 0 Å². The second kappa shape index (κ2) is 9.96. The third-order valence-electron chi connectivity index (χ3n) is 5.96. The van der Waals surface area contributed by atoms with Crippen LogP contribution in [0.4, 0.5) is 22.7 Å². The molecule has 0 aliphatic carbocycles. The summed E-state index contributed by atoms with van der Waals surface area (Å²) in [5.41, 5.74) is -1.02. The van der Waals surface area contributed by atoms with Gasteiger partial charge in [0.25, 0.3) is 0 Å². The predicted octanol–water partition coefficient (Wildman–Crippen LogP) is 2.43. The summed E-state index contributed by atoms with van der Waals surface area (Å²) in [5.74, 6) is 0. The van der Waals surface area contributed by atoms with Crippen molar-refractivity contribution < 1.29 is 19.7 Å². The van der Waals surface area contributed by atoms with Gasteiger partial charge in [-0.15, -0.1) is 0 Å². The number of nitrogens with zero attached hydrogens (tertiary/aromatic N) is 4. The molecule has 0 aliphatic rings. The van der Waals surface area contributed by atoms with Crippen molar-refractivity contribution in [3.8, 4) is 0 Å². The minimum atomic E-state index is -4.59. The molecule has 0 saturated carbocycles. The molecule has 12 nitrogen and oxygen atoms in total. The van der Waals surface area contributed by atoms with Gasteiger partial charge in [-0.1, -0.05) is 0 Å². The number of benzene rings is 4. The van der Waals surface area contributed by atoms with Crippen LogP contribution < -0.4 is 17.4 Å². The van der Waals surface area contributed by atoms with E-state index in [4.69, 9.17) is 0 Å². The molecule has 186 valence electrons. The summed E-state index contributed by atoms with van der Waals surface area (Å²) >= 11 is -4.59. The van der Waals surface area contributed by atoms with Gasteiger partial charge >= 0.3 is 211 Å². The van der Waals surface area contributed by atoms with Crippen LogP contribution in [-0.4, -0.2) is 33.2 Å². The van der Waals surface area contributed by atoms with Gasteiger partial charge in [-0.2, -0.15) is 0 Å². The molecule has 0 aliphatic heterocycles. The van der Waals surface area contributed by atoms with E-state index in [0.29, 0.717) is 17.4 Å². The van der Waals surface area contributed by atoms with E-state index in [1.54, 1.807) is 24.3 Å². The van der Waals surface area contributed by atoms with Crippen molar-refractivity contribution in [3.05, 3.63) is 138 Å². The second-order valence-electron chi connectivity index (χ2n) is 7.98. The number of hydrogen-bond donors (Lipinski definition) is 0. The Kier molecular flexibility index (Phi) is 6.76. The fourth-order valence-electron chi connectivity index (χ4n) is 4.41. The third kappa shape index (κ3) is 4.65. The zero-order valence-corrected chi connectivity index (χ0v) is 20.9.